The van der Waals surface area contributed by atoms with E-state index in [1.807, 2.05) is 24.3 Å². The standard InChI is InChI=1S/C16H23BrO/c1-2-3-4-5-6-7-11-16(18)13-14-9-8-10-15(17)12-14/h8-10,12H,2-7,11,13H2,1H3. The van der Waals surface area contributed by atoms with E-state index in [9.17, 15) is 4.79 Å². The van der Waals surface area contributed by atoms with Crippen molar-refractivity contribution in [1.82, 2.24) is 0 Å². The number of carbonyl (C=O) groups is 1. The third kappa shape index (κ3) is 6.95. The molecule has 1 aromatic carbocycles. The highest BCUT2D eigenvalue weighted by atomic mass is 79.9. The fraction of sp³-hybridized carbons (Fsp3) is 0.562. The molecule has 0 saturated heterocycles. The predicted octanol–water partition coefficient (Wildman–Crippen LogP) is 5.31. The molecule has 0 unspecified atom stereocenters. The van der Waals surface area contributed by atoms with Gasteiger partial charge in [-0.05, 0) is 24.1 Å². The second-order valence-electron chi connectivity index (χ2n) is 4.86. The largest absolute Gasteiger partial charge is 0.299 e. The van der Waals surface area contributed by atoms with Crippen molar-refractivity contribution in [3.05, 3.63) is 34.3 Å². The maximum atomic E-state index is 11.8. The Balaban J connectivity index is 2.14. The zero-order valence-electron chi connectivity index (χ0n) is 11.3. The lowest BCUT2D eigenvalue weighted by Crippen LogP contribution is -2.02. The first kappa shape index (κ1) is 15.4. The number of halogens is 1. The minimum Gasteiger partial charge on any atom is -0.299 e. The number of benzene rings is 1. The highest BCUT2D eigenvalue weighted by Crippen LogP contribution is 2.14. The molecule has 0 atom stereocenters. The third-order valence-electron chi connectivity index (χ3n) is 3.10. The van der Waals surface area contributed by atoms with Crippen molar-refractivity contribution < 1.29 is 4.79 Å². The Morgan fingerprint density at radius 2 is 1.83 bits per heavy atom. The summed E-state index contributed by atoms with van der Waals surface area (Å²) in [7, 11) is 0. The Morgan fingerprint density at radius 1 is 1.11 bits per heavy atom. The van der Waals surface area contributed by atoms with E-state index in [4.69, 9.17) is 0 Å². The molecular formula is C16H23BrO. The van der Waals surface area contributed by atoms with Crippen LogP contribution in [0.1, 0.15) is 57.4 Å². The Labute approximate surface area is 119 Å². The maximum absolute atomic E-state index is 11.8. The van der Waals surface area contributed by atoms with Gasteiger partial charge in [0.15, 0.2) is 0 Å². The fourth-order valence-electron chi connectivity index (χ4n) is 2.07. The molecule has 18 heavy (non-hydrogen) atoms. The fourth-order valence-corrected chi connectivity index (χ4v) is 2.51. The van der Waals surface area contributed by atoms with Crippen LogP contribution in [0.15, 0.2) is 28.7 Å². The third-order valence-corrected chi connectivity index (χ3v) is 3.59. The molecule has 0 aliphatic rings. The van der Waals surface area contributed by atoms with E-state index in [0.29, 0.717) is 12.2 Å². The zero-order valence-corrected chi connectivity index (χ0v) is 12.8. The van der Waals surface area contributed by atoms with Gasteiger partial charge in [-0.15, -0.1) is 0 Å². The molecular weight excluding hydrogens is 288 g/mol. The van der Waals surface area contributed by atoms with Crippen LogP contribution in [0, 0.1) is 0 Å². The van der Waals surface area contributed by atoms with Crippen LogP contribution in [0.2, 0.25) is 0 Å². The number of ketones is 1. The van der Waals surface area contributed by atoms with Crippen molar-refractivity contribution in [1.29, 1.82) is 0 Å². The SMILES string of the molecule is CCCCCCCCC(=O)Cc1cccc(Br)c1. The Hall–Kier alpha value is -0.630. The van der Waals surface area contributed by atoms with Crippen LogP contribution in [-0.2, 0) is 11.2 Å². The smallest absolute Gasteiger partial charge is 0.137 e. The number of carbonyl (C=O) groups excluding carboxylic acids is 1. The normalized spacial score (nSPS) is 10.6. The van der Waals surface area contributed by atoms with Gasteiger partial charge in [-0.1, -0.05) is 67.1 Å². The lowest BCUT2D eigenvalue weighted by Gasteiger charge is -2.02. The molecule has 0 fully saturated rings. The number of hydrogen-bond acceptors (Lipinski definition) is 1. The van der Waals surface area contributed by atoms with Crippen LogP contribution < -0.4 is 0 Å². The monoisotopic (exact) mass is 310 g/mol. The molecule has 0 N–H and O–H groups in total. The molecule has 0 amide bonds. The van der Waals surface area contributed by atoms with Gasteiger partial charge in [0, 0.05) is 17.3 Å². The summed E-state index contributed by atoms with van der Waals surface area (Å²) in [4.78, 5) is 11.8. The van der Waals surface area contributed by atoms with Crippen molar-refractivity contribution in [3.8, 4) is 0 Å². The van der Waals surface area contributed by atoms with Gasteiger partial charge in [-0.25, -0.2) is 0 Å². The van der Waals surface area contributed by atoms with E-state index in [0.717, 1.165) is 22.9 Å². The van der Waals surface area contributed by atoms with Crippen LogP contribution in [0.25, 0.3) is 0 Å². The van der Waals surface area contributed by atoms with Crippen LogP contribution in [-0.4, -0.2) is 5.78 Å². The molecule has 0 spiro atoms. The maximum Gasteiger partial charge on any atom is 0.137 e. The number of hydrogen-bond donors (Lipinski definition) is 0. The minimum absolute atomic E-state index is 0.364. The van der Waals surface area contributed by atoms with Gasteiger partial charge in [-0.2, -0.15) is 0 Å². The molecule has 0 aliphatic heterocycles. The topological polar surface area (TPSA) is 17.1 Å². The van der Waals surface area contributed by atoms with Gasteiger partial charge in [-0.3, -0.25) is 4.79 Å². The van der Waals surface area contributed by atoms with Crippen LogP contribution in [0.5, 0.6) is 0 Å². The number of Topliss-reactive ketones (excluding diaryl/α,β-unsaturated/α-hetero) is 1. The highest BCUT2D eigenvalue weighted by molar-refractivity contribution is 9.10. The van der Waals surface area contributed by atoms with Crippen LogP contribution in [0.3, 0.4) is 0 Å². The molecule has 0 radical (unpaired) electrons. The molecule has 0 bridgehead atoms. The first-order valence-corrected chi connectivity index (χ1v) is 7.78. The lowest BCUT2D eigenvalue weighted by molar-refractivity contribution is -0.118. The van der Waals surface area contributed by atoms with Gasteiger partial charge < -0.3 is 0 Å². The lowest BCUT2D eigenvalue weighted by atomic mass is 10.0. The van der Waals surface area contributed by atoms with E-state index in [2.05, 4.69) is 22.9 Å². The summed E-state index contributed by atoms with van der Waals surface area (Å²) in [5.41, 5.74) is 1.11. The van der Waals surface area contributed by atoms with Gasteiger partial charge >= 0.3 is 0 Å². The number of rotatable bonds is 9. The first-order chi connectivity index (χ1) is 8.72. The summed E-state index contributed by atoms with van der Waals surface area (Å²) < 4.78 is 1.05. The predicted molar refractivity (Wildman–Crippen MR) is 80.8 cm³/mol. The van der Waals surface area contributed by atoms with Crippen molar-refractivity contribution in [3.63, 3.8) is 0 Å². The Morgan fingerprint density at radius 3 is 2.56 bits per heavy atom. The average Bonchev–Trinajstić information content (AvgIpc) is 2.33. The molecule has 2 heteroatoms. The van der Waals surface area contributed by atoms with Crippen molar-refractivity contribution in [2.24, 2.45) is 0 Å². The quantitative estimate of drug-likeness (QED) is 0.565. The van der Waals surface area contributed by atoms with Gasteiger partial charge in [0.2, 0.25) is 0 Å². The summed E-state index contributed by atoms with van der Waals surface area (Å²) in [6.45, 7) is 2.22. The van der Waals surface area contributed by atoms with Gasteiger partial charge in [0.05, 0.1) is 0 Å². The second kappa shape index (κ2) is 9.32. The summed E-state index contributed by atoms with van der Waals surface area (Å²) >= 11 is 3.43. The summed E-state index contributed by atoms with van der Waals surface area (Å²) in [5.74, 6) is 0.364. The average molecular weight is 311 g/mol. The molecule has 0 aliphatic carbocycles. The summed E-state index contributed by atoms with van der Waals surface area (Å²) in [6, 6.07) is 8.02. The molecule has 1 rings (SSSR count). The first-order valence-electron chi connectivity index (χ1n) is 6.98. The summed E-state index contributed by atoms with van der Waals surface area (Å²) in [5, 5.41) is 0. The second-order valence-corrected chi connectivity index (χ2v) is 5.78. The van der Waals surface area contributed by atoms with E-state index in [1.54, 1.807) is 0 Å². The molecule has 100 valence electrons. The van der Waals surface area contributed by atoms with Crippen LogP contribution >= 0.6 is 15.9 Å². The minimum atomic E-state index is 0.364. The Kier molecular flexibility index (Phi) is 7.99. The van der Waals surface area contributed by atoms with E-state index in [1.165, 1.54) is 32.1 Å². The summed E-state index contributed by atoms with van der Waals surface area (Å²) in [6.07, 6.45) is 8.76. The van der Waals surface area contributed by atoms with Crippen LogP contribution in [0.4, 0.5) is 0 Å². The van der Waals surface area contributed by atoms with E-state index < -0.39 is 0 Å². The Bertz CT molecular complexity index is 360. The van der Waals surface area contributed by atoms with Gasteiger partial charge in [0.25, 0.3) is 0 Å². The molecule has 0 saturated carbocycles. The number of unbranched alkanes of at least 4 members (excludes halogenated alkanes) is 5. The van der Waals surface area contributed by atoms with E-state index in [-0.39, 0.29) is 0 Å². The van der Waals surface area contributed by atoms with Gasteiger partial charge in [0.1, 0.15) is 5.78 Å². The van der Waals surface area contributed by atoms with Crippen molar-refractivity contribution >= 4 is 21.7 Å². The van der Waals surface area contributed by atoms with E-state index >= 15 is 0 Å². The highest BCUT2D eigenvalue weighted by Gasteiger charge is 2.03. The molecule has 1 aromatic rings. The van der Waals surface area contributed by atoms with Crippen molar-refractivity contribution in [2.75, 3.05) is 0 Å². The molecule has 0 aromatic heterocycles. The molecule has 1 nitrogen and oxygen atoms in total. The molecule has 0 heterocycles. The zero-order chi connectivity index (χ0) is 13.2. The van der Waals surface area contributed by atoms with Crippen molar-refractivity contribution in [2.45, 2.75) is 58.3 Å².